The van der Waals surface area contributed by atoms with Gasteiger partial charge in [0, 0.05) is 31.1 Å². The van der Waals surface area contributed by atoms with Gasteiger partial charge in [0.1, 0.15) is 17.8 Å². The van der Waals surface area contributed by atoms with E-state index in [2.05, 4.69) is 37.0 Å². The Morgan fingerprint density at radius 2 is 2.11 bits per heavy atom. The van der Waals surface area contributed by atoms with Crippen LogP contribution in [0.1, 0.15) is 33.6 Å². The van der Waals surface area contributed by atoms with Crippen molar-refractivity contribution in [3.05, 3.63) is 24.7 Å². The average Bonchev–Trinajstić information content (AvgIpc) is 3.27. The summed E-state index contributed by atoms with van der Waals surface area (Å²) in [7, 11) is 2.03. The molecule has 0 spiro atoms. The number of H-pyrrole nitrogens is 1. The highest BCUT2D eigenvalue weighted by atomic mass is 16.5. The predicted molar refractivity (Wildman–Crippen MR) is 108 cm³/mol. The molecule has 1 fully saturated rings. The van der Waals surface area contributed by atoms with Gasteiger partial charge in [-0.3, -0.25) is 5.10 Å². The summed E-state index contributed by atoms with van der Waals surface area (Å²) in [4.78, 5) is 15.3. The molecule has 3 aromatic rings. The molecule has 3 aromatic heterocycles. The van der Waals surface area contributed by atoms with Crippen LogP contribution >= 0.6 is 0 Å². The number of likely N-dealkylation sites (N-methyl/N-ethyl adjacent to an activating group) is 1. The van der Waals surface area contributed by atoms with Crippen LogP contribution in [0.3, 0.4) is 0 Å². The van der Waals surface area contributed by atoms with Crippen molar-refractivity contribution in [1.29, 1.82) is 0 Å². The molecule has 0 aliphatic carbocycles. The standard InChI is InChI=1S/C20H26N6O2/c1-12(2)27-19-7-15-17(9-21-19)24-25-20(15)16-8-18(23-11-22-16)26(4)10-14-6-5-13(3)28-14/h7-9,11-14H,5-6,10H2,1-4H3,(H,24,25). The summed E-state index contributed by atoms with van der Waals surface area (Å²) in [5.41, 5.74) is 2.35. The van der Waals surface area contributed by atoms with Crippen LogP contribution in [-0.4, -0.2) is 57.1 Å². The Kier molecular flexibility index (Phi) is 5.13. The lowest BCUT2D eigenvalue weighted by Crippen LogP contribution is -2.29. The van der Waals surface area contributed by atoms with Crippen LogP contribution in [0, 0.1) is 0 Å². The SMILES string of the molecule is CC(C)Oc1cc2c(-c3cc(N(C)CC4CCC(C)O4)ncn3)n[nH]c2cn1. The fourth-order valence-electron chi connectivity index (χ4n) is 3.50. The first-order chi connectivity index (χ1) is 13.5. The fraction of sp³-hybridized carbons (Fsp3) is 0.500. The highest BCUT2D eigenvalue weighted by molar-refractivity contribution is 5.92. The first-order valence-corrected chi connectivity index (χ1v) is 9.69. The third kappa shape index (κ3) is 3.91. The Labute approximate surface area is 164 Å². The van der Waals surface area contributed by atoms with Gasteiger partial charge in [-0.25, -0.2) is 15.0 Å². The van der Waals surface area contributed by atoms with Crippen LogP contribution < -0.4 is 9.64 Å². The van der Waals surface area contributed by atoms with Crippen LogP contribution in [0.15, 0.2) is 24.7 Å². The molecule has 8 heteroatoms. The number of nitrogens with zero attached hydrogens (tertiary/aromatic N) is 5. The summed E-state index contributed by atoms with van der Waals surface area (Å²) < 4.78 is 11.7. The zero-order valence-electron chi connectivity index (χ0n) is 16.7. The summed E-state index contributed by atoms with van der Waals surface area (Å²) in [5.74, 6) is 1.42. The number of aromatic amines is 1. The van der Waals surface area contributed by atoms with Gasteiger partial charge in [-0.05, 0) is 33.6 Å². The maximum absolute atomic E-state index is 5.94. The predicted octanol–water partition coefficient (Wildman–Crippen LogP) is 3.21. The van der Waals surface area contributed by atoms with Crippen molar-refractivity contribution >= 4 is 16.7 Å². The van der Waals surface area contributed by atoms with Crippen molar-refractivity contribution in [2.45, 2.75) is 51.9 Å². The zero-order valence-corrected chi connectivity index (χ0v) is 16.7. The number of nitrogens with one attached hydrogen (secondary N) is 1. The molecule has 2 atom stereocenters. The van der Waals surface area contributed by atoms with E-state index in [1.807, 2.05) is 33.0 Å². The Hall–Kier alpha value is -2.74. The van der Waals surface area contributed by atoms with E-state index in [9.17, 15) is 0 Å². The Morgan fingerprint density at radius 3 is 2.86 bits per heavy atom. The van der Waals surface area contributed by atoms with E-state index in [0.717, 1.165) is 47.5 Å². The largest absolute Gasteiger partial charge is 0.475 e. The molecule has 0 radical (unpaired) electrons. The molecule has 0 aromatic carbocycles. The van der Waals surface area contributed by atoms with Crippen LogP contribution in [0.5, 0.6) is 5.88 Å². The van der Waals surface area contributed by atoms with Crippen LogP contribution in [0.2, 0.25) is 0 Å². The second-order valence-corrected chi connectivity index (χ2v) is 7.59. The number of pyridine rings is 1. The summed E-state index contributed by atoms with van der Waals surface area (Å²) in [6, 6.07) is 3.85. The van der Waals surface area contributed by atoms with Gasteiger partial charge in [0.2, 0.25) is 5.88 Å². The highest BCUT2D eigenvalue weighted by Crippen LogP contribution is 2.29. The van der Waals surface area contributed by atoms with Gasteiger partial charge >= 0.3 is 0 Å². The molecule has 0 amide bonds. The molecule has 1 aliphatic heterocycles. The van der Waals surface area contributed by atoms with Gasteiger partial charge in [0.15, 0.2) is 0 Å². The van der Waals surface area contributed by atoms with E-state index < -0.39 is 0 Å². The monoisotopic (exact) mass is 382 g/mol. The van der Waals surface area contributed by atoms with Gasteiger partial charge in [-0.2, -0.15) is 5.10 Å². The quantitative estimate of drug-likeness (QED) is 0.700. The highest BCUT2D eigenvalue weighted by Gasteiger charge is 2.23. The third-order valence-electron chi connectivity index (χ3n) is 4.86. The lowest BCUT2D eigenvalue weighted by atomic mass is 10.2. The average molecular weight is 382 g/mol. The molecule has 4 rings (SSSR count). The summed E-state index contributed by atoms with van der Waals surface area (Å²) in [5, 5.41) is 8.38. The minimum Gasteiger partial charge on any atom is -0.475 e. The van der Waals surface area contributed by atoms with Gasteiger partial charge < -0.3 is 14.4 Å². The molecule has 0 bridgehead atoms. The molecule has 1 aliphatic rings. The van der Waals surface area contributed by atoms with E-state index in [1.54, 1.807) is 12.5 Å². The zero-order chi connectivity index (χ0) is 19.7. The minimum absolute atomic E-state index is 0.0557. The van der Waals surface area contributed by atoms with Crippen molar-refractivity contribution in [2.24, 2.45) is 0 Å². The lowest BCUT2D eigenvalue weighted by Gasteiger charge is -2.22. The normalized spacial score (nSPS) is 19.5. The van der Waals surface area contributed by atoms with Gasteiger partial charge in [0.25, 0.3) is 0 Å². The maximum Gasteiger partial charge on any atom is 0.214 e. The summed E-state index contributed by atoms with van der Waals surface area (Å²) >= 11 is 0. The number of ether oxygens (including phenoxy) is 2. The molecular weight excluding hydrogens is 356 g/mol. The number of anilines is 1. The van der Waals surface area contributed by atoms with Crippen molar-refractivity contribution in [3.8, 4) is 17.3 Å². The van der Waals surface area contributed by atoms with Crippen molar-refractivity contribution in [1.82, 2.24) is 25.1 Å². The van der Waals surface area contributed by atoms with Crippen LogP contribution in [0.25, 0.3) is 22.3 Å². The topological polar surface area (TPSA) is 89.0 Å². The van der Waals surface area contributed by atoms with Gasteiger partial charge in [0.05, 0.1) is 35.7 Å². The number of fused-ring (bicyclic) bond motifs is 1. The van der Waals surface area contributed by atoms with E-state index in [1.165, 1.54) is 0 Å². The van der Waals surface area contributed by atoms with Gasteiger partial charge in [-0.15, -0.1) is 0 Å². The molecule has 1 saturated heterocycles. The number of aromatic nitrogens is 5. The molecular formula is C20H26N6O2. The van der Waals surface area contributed by atoms with Crippen molar-refractivity contribution < 1.29 is 9.47 Å². The van der Waals surface area contributed by atoms with Crippen molar-refractivity contribution in [2.75, 3.05) is 18.5 Å². The minimum atomic E-state index is 0.0557. The van der Waals surface area contributed by atoms with Crippen LogP contribution in [0.4, 0.5) is 5.82 Å². The first kappa shape index (κ1) is 18.6. The smallest absolute Gasteiger partial charge is 0.214 e. The second-order valence-electron chi connectivity index (χ2n) is 7.59. The van der Waals surface area contributed by atoms with E-state index in [4.69, 9.17) is 9.47 Å². The number of rotatable bonds is 6. The molecule has 8 nitrogen and oxygen atoms in total. The van der Waals surface area contributed by atoms with E-state index in [0.29, 0.717) is 12.0 Å². The summed E-state index contributed by atoms with van der Waals surface area (Å²) in [6.07, 6.45) is 6.14. The summed E-state index contributed by atoms with van der Waals surface area (Å²) in [6.45, 7) is 6.88. The third-order valence-corrected chi connectivity index (χ3v) is 4.86. The first-order valence-electron chi connectivity index (χ1n) is 9.69. The molecule has 2 unspecified atom stereocenters. The molecule has 0 saturated carbocycles. The van der Waals surface area contributed by atoms with E-state index in [-0.39, 0.29) is 12.2 Å². The second kappa shape index (κ2) is 7.71. The Bertz CT molecular complexity index is 957. The lowest BCUT2D eigenvalue weighted by molar-refractivity contribution is 0.0606. The molecule has 148 valence electrons. The van der Waals surface area contributed by atoms with Crippen molar-refractivity contribution in [3.63, 3.8) is 0 Å². The Morgan fingerprint density at radius 1 is 1.25 bits per heavy atom. The Balaban J connectivity index is 1.60. The maximum atomic E-state index is 5.94. The fourth-order valence-corrected chi connectivity index (χ4v) is 3.50. The van der Waals surface area contributed by atoms with Crippen LogP contribution in [-0.2, 0) is 4.74 Å². The van der Waals surface area contributed by atoms with E-state index >= 15 is 0 Å². The van der Waals surface area contributed by atoms with Gasteiger partial charge in [-0.1, -0.05) is 0 Å². The molecule has 28 heavy (non-hydrogen) atoms. The molecule has 1 N–H and O–H groups in total. The molecule has 4 heterocycles. The number of hydrogen-bond acceptors (Lipinski definition) is 7. The number of hydrogen-bond donors (Lipinski definition) is 1.